The minimum absolute atomic E-state index is 0.275. The molecule has 0 saturated carbocycles. The Morgan fingerprint density at radius 2 is 1.92 bits per heavy atom. The lowest BCUT2D eigenvalue weighted by molar-refractivity contribution is -0.166. The van der Waals surface area contributed by atoms with Crippen molar-refractivity contribution in [2.75, 3.05) is 7.11 Å². The van der Waals surface area contributed by atoms with Crippen molar-refractivity contribution in [3.63, 3.8) is 0 Å². The molecule has 0 N–H and O–H groups in total. The Hall–Kier alpha value is -1.06. The van der Waals surface area contributed by atoms with Gasteiger partial charge in [-0.1, -0.05) is 20.3 Å². The summed E-state index contributed by atoms with van der Waals surface area (Å²) in [7, 11) is 1.28. The Bertz CT molecular complexity index is 176. The number of hydrogen-bond acceptors (Lipinski definition) is 4. The monoisotopic (exact) mass is 188 g/mol. The van der Waals surface area contributed by atoms with E-state index in [2.05, 4.69) is 4.74 Å². The number of carbonyl (C=O) groups is 2. The normalized spacial score (nSPS) is 11.9. The Labute approximate surface area is 78.2 Å². The first-order chi connectivity index (χ1) is 6.15. The van der Waals surface area contributed by atoms with E-state index in [-0.39, 0.29) is 12.4 Å². The molecule has 1 unspecified atom stereocenters. The van der Waals surface area contributed by atoms with Gasteiger partial charge >= 0.3 is 11.9 Å². The molecule has 0 aromatic rings. The van der Waals surface area contributed by atoms with Gasteiger partial charge in [0.25, 0.3) is 0 Å². The van der Waals surface area contributed by atoms with Crippen LogP contribution in [0.15, 0.2) is 0 Å². The summed E-state index contributed by atoms with van der Waals surface area (Å²) in [6.07, 6.45) is 0.828. The van der Waals surface area contributed by atoms with Crippen LogP contribution >= 0.6 is 0 Å². The van der Waals surface area contributed by atoms with Crippen molar-refractivity contribution in [1.29, 1.82) is 0 Å². The molecule has 0 bridgehead atoms. The molecule has 0 fully saturated rings. The summed E-state index contributed by atoms with van der Waals surface area (Å²) in [4.78, 5) is 21.9. The maximum absolute atomic E-state index is 11.1. The van der Waals surface area contributed by atoms with E-state index in [1.807, 2.05) is 6.92 Å². The fourth-order valence-corrected chi connectivity index (χ4v) is 0.861. The van der Waals surface area contributed by atoms with Crippen LogP contribution in [0.25, 0.3) is 0 Å². The smallest absolute Gasteiger partial charge is 0.347 e. The molecule has 0 aromatic heterocycles. The number of carbonyl (C=O) groups excluding carboxylic acids is 2. The maximum atomic E-state index is 11.1. The van der Waals surface area contributed by atoms with Crippen LogP contribution in [-0.4, -0.2) is 25.2 Å². The molecule has 1 atom stereocenters. The van der Waals surface area contributed by atoms with Crippen molar-refractivity contribution < 1.29 is 19.1 Å². The van der Waals surface area contributed by atoms with Crippen LogP contribution in [-0.2, 0) is 19.1 Å². The summed E-state index contributed by atoms with van der Waals surface area (Å²) < 4.78 is 9.37. The molecule has 13 heavy (non-hydrogen) atoms. The Morgan fingerprint density at radius 1 is 1.31 bits per heavy atom. The minimum Gasteiger partial charge on any atom is -0.466 e. The summed E-state index contributed by atoms with van der Waals surface area (Å²) in [5.74, 6) is -0.854. The van der Waals surface area contributed by atoms with Crippen molar-refractivity contribution >= 4 is 11.9 Å². The predicted octanol–water partition coefficient (Wildman–Crippen LogP) is 1.28. The van der Waals surface area contributed by atoms with Gasteiger partial charge in [0.05, 0.1) is 7.11 Å². The molecule has 0 amide bonds. The second-order valence-corrected chi connectivity index (χ2v) is 2.64. The lowest BCUT2D eigenvalue weighted by Gasteiger charge is -2.13. The fraction of sp³-hybridized carbons (Fsp3) is 0.778. The van der Waals surface area contributed by atoms with Crippen molar-refractivity contribution in [1.82, 2.24) is 0 Å². The zero-order chi connectivity index (χ0) is 10.3. The standard InChI is InChI=1S/C9H16O4/c1-4-6-7(9(11)12-3)13-8(10)5-2/h7H,4-6H2,1-3H3. The molecule has 0 radical (unpaired) electrons. The molecule has 0 heterocycles. The molecule has 0 spiro atoms. The molecule has 76 valence electrons. The quantitative estimate of drug-likeness (QED) is 0.610. The lowest BCUT2D eigenvalue weighted by Crippen LogP contribution is -2.28. The van der Waals surface area contributed by atoms with Gasteiger partial charge in [0.15, 0.2) is 6.10 Å². The maximum Gasteiger partial charge on any atom is 0.347 e. The Balaban J connectivity index is 4.08. The summed E-state index contributed by atoms with van der Waals surface area (Å²) in [6.45, 7) is 3.60. The van der Waals surface area contributed by atoms with E-state index >= 15 is 0 Å². The van der Waals surface area contributed by atoms with Crippen molar-refractivity contribution in [3.05, 3.63) is 0 Å². The largest absolute Gasteiger partial charge is 0.466 e. The molecule has 0 aromatic carbocycles. The second-order valence-electron chi connectivity index (χ2n) is 2.64. The van der Waals surface area contributed by atoms with Gasteiger partial charge in [-0.3, -0.25) is 4.79 Å². The molecule has 0 saturated heterocycles. The Kier molecular flexibility index (Phi) is 5.93. The third kappa shape index (κ3) is 4.50. The average Bonchev–Trinajstić information content (AvgIpc) is 2.15. The van der Waals surface area contributed by atoms with Crippen molar-refractivity contribution in [2.45, 2.75) is 39.2 Å². The number of rotatable bonds is 5. The van der Waals surface area contributed by atoms with E-state index in [9.17, 15) is 9.59 Å². The number of hydrogen-bond donors (Lipinski definition) is 0. The predicted molar refractivity (Wildman–Crippen MR) is 47.1 cm³/mol. The first kappa shape index (κ1) is 11.9. The van der Waals surface area contributed by atoms with Crippen LogP contribution < -0.4 is 0 Å². The average molecular weight is 188 g/mol. The van der Waals surface area contributed by atoms with Crippen LogP contribution in [0.1, 0.15) is 33.1 Å². The van der Waals surface area contributed by atoms with E-state index in [0.29, 0.717) is 6.42 Å². The van der Waals surface area contributed by atoms with Crippen LogP contribution in [0.4, 0.5) is 0 Å². The molecule has 0 aliphatic heterocycles. The fourth-order valence-electron chi connectivity index (χ4n) is 0.861. The zero-order valence-electron chi connectivity index (χ0n) is 8.33. The number of ether oxygens (including phenoxy) is 2. The van der Waals surface area contributed by atoms with Gasteiger partial charge in [-0.2, -0.15) is 0 Å². The summed E-state index contributed by atoms with van der Waals surface area (Å²) in [6, 6.07) is 0. The molecule has 0 aliphatic rings. The summed E-state index contributed by atoms with van der Waals surface area (Å²) in [5, 5.41) is 0. The van der Waals surface area contributed by atoms with Crippen molar-refractivity contribution in [3.8, 4) is 0 Å². The van der Waals surface area contributed by atoms with Crippen LogP contribution in [0, 0.1) is 0 Å². The lowest BCUT2D eigenvalue weighted by atomic mass is 10.2. The topological polar surface area (TPSA) is 52.6 Å². The van der Waals surface area contributed by atoms with Gasteiger partial charge in [-0.25, -0.2) is 4.79 Å². The van der Waals surface area contributed by atoms with E-state index in [0.717, 1.165) is 6.42 Å². The third-order valence-electron chi connectivity index (χ3n) is 1.58. The van der Waals surface area contributed by atoms with Gasteiger partial charge in [0.1, 0.15) is 0 Å². The zero-order valence-corrected chi connectivity index (χ0v) is 8.33. The first-order valence-corrected chi connectivity index (χ1v) is 4.43. The number of esters is 2. The second kappa shape index (κ2) is 6.46. The third-order valence-corrected chi connectivity index (χ3v) is 1.58. The molecule has 0 rings (SSSR count). The molecule has 4 nitrogen and oxygen atoms in total. The SMILES string of the molecule is CCCC(OC(=O)CC)C(=O)OC. The van der Waals surface area contributed by atoms with E-state index in [1.54, 1.807) is 6.92 Å². The van der Waals surface area contributed by atoms with Gasteiger partial charge in [0, 0.05) is 6.42 Å². The Morgan fingerprint density at radius 3 is 2.31 bits per heavy atom. The summed E-state index contributed by atoms with van der Waals surface area (Å²) >= 11 is 0. The van der Waals surface area contributed by atoms with E-state index < -0.39 is 12.1 Å². The van der Waals surface area contributed by atoms with Gasteiger partial charge < -0.3 is 9.47 Å². The van der Waals surface area contributed by atoms with Crippen LogP contribution in [0.2, 0.25) is 0 Å². The van der Waals surface area contributed by atoms with Gasteiger partial charge in [-0.05, 0) is 6.42 Å². The highest BCUT2D eigenvalue weighted by atomic mass is 16.6. The molecule has 4 heteroatoms. The molecular weight excluding hydrogens is 172 g/mol. The van der Waals surface area contributed by atoms with Crippen LogP contribution in [0.3, 0.4) is 0 Å². The highest BCUT2D eigenvalue weighted by molar-refractivity contribution is 5.79. The summed E-state index contributed by atoms with van der Waals surface area (Å²) in [5.41, 5.74) is 0. The highest BCUT2D eigenvalue weighted by Gasteiger charge is 2.21. The molecule has 0 aliphatic carbocycles. The minimum atomic E-state index is -0.734. The first-order valence-electron chi connectivity index (χ1n) is 4.43. The van der Waals surface area contributed by atoms with Crippen molar-refractivity contribution in [2.24, 2.45) is 0 Å². The highest BCUT2D eigenvalue weighted by Crippen LogP contribution is 2.05. The van der Waals surface area contributed by atoms with Crippen LogP contribution in [0.5, 0.6) is 0 Å². The van der Waals surface area contributed by atoms with E-state index in [1.165, 1.54) is 7.11 Å². The molecular formula is C9H16O4. The number of methoxy groups -OCH3 is 1. The van der Waals surface area contributed by atoms with E-state index in [4.69, 9.17) is 4.74 Å². The van der Waals surface area contributed by atoms with Gasteiger partial charge in [0.2, 0.25) is 0 Å². The van der Waals surface area contributed by atoms with Gasteiger partial charge in [-0.15, -0.1) is 0 Å².